The molecule has 0 unspecified atom stereocenters. The quantitative estimate of drug-likeness (QED) is 0.510. The maximum atomic E-state index is 6.02. The summed E-state index contributed by atoms with van der Waals surface area (Å²) in [5.74, 6) is 1.89. The monoisotopic (exact) mass is 387 g/mol. The number of aromatic nitrogens is 4. The van der Waals surface area contributed by atoms with Crippen molar-refractivity contribution in [1.82, 2.24) is 24.8 Å². The van der Waals surface area contributed by atoms with Gasteiger partial charge in [-0.05, 0) is 45.1 Å². The van der Waals surface area contributed by atoms with Crippen LogP contribution in [0.4, 0.5) is 17.7 Å². The summed E-state index contributed by atoms with van der Waals surface area (Å²) in [4.78, 5) is 19.0. The van der Waals surface area contributed by atoms with Gasteiger partial charge >= 0.3 is 0 Å². The van der Waals surface area contributed by atoms with Gasteiger partial charge in [0.1, 0.15) is 5.82 Å². The van der Waals surface area contributed by atoms with Gasteiger partial charge in [0.05, 0.1) is 11.0 Å². The van der Waals surface area contributed by atoms with Gasteiger partial charge in [0.15, 0.2) is 0 Å². The Bertz CT molecular complexity index is 893. The average Bonchev–Trinajstić information content (AvgIpc) is 3.00. The third-order valence-electron chi connectivity index (χ3n) is 4.22. The Morgan fingerprint density at radius 3 is 2.81 bits per heavy atom. The van der Waals surface area contributed by atoms with Crippen LogP contribution in [0.15, 0.2) is 24.3 Å². The highest BCUT2D eigenvalue weighted by Crippen LogP contribution is 2.20. The minimum Gasteiger partial charge on any atom is -0.369 e. The number of unbranched alkanes of at least 4 members (excludes halogenated alkanes) is 1. The fraction of sp³-hybridized carbons (Fsp3) is 0.421. The van der Waals surface area contributed by atoms with E-state index in [-0.39, 0.29) is 0 Å². The van der Waals surface area contributed by atoms with E-state index in [9.17, 15) is 0 Å². The summed E-state index contributed by atoms with van der Waals surface area (Å²) in [6, 6.07) is 7.47. The summed E-state index contributed by atoms with van der Waals surface area (Å²) in [5.41, 5.74) is 2.59. The van der Waals surface area contributed by atoms with Gasteiger partial charge in [0, 0.05) is 29.9 Å². The lowest BCUT2D eigenvalue weighted by Crippen LogP contribution is -2.26. The van der Waals surface area contributed by atoms with E-state index in [1.165, 1.54) is 12.8 Å². The standard InChI is InChI=1S/C19H26ClN7/c1-4-5-9-27(3)10-8-21-17-11-13(2)22-18(25-17)26-19-23-15-7-6-14(20)12-16(15)24-19/h6-7,11-12H,4-5,8-10H2,1-3H3,(H3,21,22,23,24,25,26). The van der Waals surface area contributed by atoms with Crippen LogP contribution in [0.3, 0.4) is 0 Å². The minimum absolute atomic E-state index is 0.502. The maximum absolute atomic E-state index is 6.02. The number of halogens is 1. The van der Waals surface area contributed by atoms with Crippen molar-refractivity contribution in [2.75, 3.05) is 37.3 Å². The Morgan fingerprint density at radius 2 is 2.00 bits per heavy atom. The van der Waals surface area contributed by atoms with Crippen molar-refractivity contribution in [3.8, 4) is 0 Å². The van der Waals surface area contributed by atoms with E-state index in [0.717, 1.165) is 42.2 Å². The van der Waals surface area contributed by atoms with E-state index in [1.54, 1.807) is 0 Å². The first-order chi connectivity index (χ1) is 13.0. The lowest BCUT2D eigenvalue weighted by atomic mass is 10.3. The molecule has 144 valence electrons. The van der Waals surface area contributed by atoms with Crippen molar-refractivity contribution in [3.05, 3.63) is 35.0 Å². The van der Waals surface area contributed by atoms with Crippen LogP contribution in [0.25, 0.3) is 11.0 Å². The Balaban J connectivity index is 1.63. The molecular weight excluding hydrogens is 362 g/mol. The fourth-order valence-corrected chi connectivity index (χ4v) is 2.95. The van der Waals surface area contributed by atoms with E-state index in [1.807, 2.05) is 31.2 Å². The first-order valence-corrected chi connectivity index (χ1v) is 9.61. The summed E-state index contributed by atoms with van der Waals surface area (Å²) < 4.78 is 0. The van der Waals surface area contributed by atoms with E-state index in [2.05, 4.69) is 49.4 Å². The molecule has 3 aromatic rings. The number of fused-ring (bicyclic) bond motifs is 1. The molecule has 0 saturated heterocycles. The van der Waals surface area contributed by atoms with Crippen molar-refractivity contribution in [1.29, 1.82) is 0 Å². The molecule has 2 heterocycles. The Labute approximate surface area is 164 Å². The SMILES string of the molecule is CCCCN(C)CCNc1cc(C)nc(Nc2nc3ccc(Cl)cc3[nH]2)n1. The molecule has 0 spiro atoms. The lowest BCUT2D eigenvalue weighted by Gasteiger charge is -2.16. The molecule has 2 aromatic heterocycles. The summed E-state index contributed by atoms with van der Waals surface area (Å²) in [7, 11) is 2.14. The highest BCUT2D eigenvalue weighted by molar-refractivity contribution is 6.31. The zero-order valence-corrected chi connectivity index (χ0v) is 16.8. The van der Waals surface area contributed by atoms with Crippen LogP contribution in [0.2, 0.25) is 5.02 Å². The van der Waals surface area contributed by atoms with Crippen LogP contribution < -0.4 is 10.6 Å². The number of anilines is 3. The fourth-order valence-electron chi connectivity index (χ4n) is 2.78. The smallest absolute Gasteiger partial charge is 0.231 e. The van der Waals surface area contributed by atoms with Gasteiger partial charge in [0.2, 0.25) is 11.9 Å². The van der Waals surface area contributed by atoms with Crippen molar-refractivity contribution in [2.45, 2.75) is 26.7 Å². The second-order valence-electron chi connectivity index (χ2n) is 6.67. The predicted octanol–water partition coefficient (Wildman–Crippen LogP) is 4.20. The number of rotatable bonds is 9. The third kappa shape index (κ3) is 5.55. The molecule has 0 aliphatic heterocycles. The lowest BCUT2D eigenvalue weighted by molar-refractivity contribution is 0.340. The zero-order valence-electron chi connectivity index (χ0n) is 16.0. The van der Waals surface area contributed by atoms with Crippen molar-refractivity contribution in [2.24, 2.45) is 0 Å². The van der Waals surface area contributed by atoms with Crippen LogP contribution >= 0.6 is 11.6 Å². The number of aryl methyl sites for hydroxylation is 1. The minimum atomic E-state index is 0.502. The van der Waals surface area contributed by atoms with Gasteiger partial charge in [-0.15, -0.1) is 0 Å². The van der Waals surface area contributed by atoms with E-state index >= 15 is 0 Å². The molecule has 0 radical (unpaired) electrons. The molecular formula is C19H26ClN7. The molecule has 3 rings (SSSR count). The Morgan fingerprint density at radius 1 is 1.15 bits per heavy atom. The average molecular weight is 388 g/mol. The molecule has 3 N–H and O–H groups in total. The second-order valence-corrected chi connectivity index (χ2v) is 7.11. The highest BCUT2D eigenvalue weighted by atomic mass is 35.5. The number of likely N-dealkylation sites (N-methyl/N-ethyl adjacent to an activating group) is 1. The van der Waals surface area contributed by atoms with Crippen LogP contribution in [0.1, 0.15) is 25.5 Å². The molecule has 0 aliphatic rings. The van der Waals surface area contributed by atoms with Gasteiger partial charge in [0.25, 0.3) is 0 Å². The Kier molecular flexibility index (Phi) is 6.47. The normalized spacial score (nSPS) is 11.3. The largest absolute Gasteiger partial charge is 0.369 e. The molecule has 0 saturated carbocycles. The number of nitrogens with zero attached hydrogens (tertiary/aromatic N) is 4. The number of benzene rings is 1. The summed E-state index contributed by atoms with van der Waals surface area (Å²) in [5, 5.41) is 7.18. The molecule has 0 aliphatic carbocycles. The molecule has 0 amide bonds. The van der Waals surface area contributed by atoms with Crippen molar-refractivity contribution >= 4 is 40.3 Å². The predicted molar refractivity (Wildman–Crippen MR) is 112 cm³/mol. The van der Waals surface area contributed by atoms with Gasteiger partial charge < -0.3 is 15.2 Å². The van der Waals surface area contributed by atoms with Crippen LogP contribution in [0.5, 0.6) is 0 Å². The first-order valence-electron chi connectivity index (χ1n) is 9.24. The molecule has 7 nitrogen and oxygen atoms in total. The molecule has 0 atom stereocenters. The van der Waals surface area contributed by atoms with Crippen LogP contribution in [-0.2, 0) is 0 Å². The van der Waals surface area contributed by atoms with Crippen molar-refractivity contribution in [3.63, 3.8) is 0 Å². The van der Waals surface area contributed by atoms with Crippen molar-refractivity contribution < 1.29 is 0 Å². The molecule has 1 aromatic carbocycles. The highest BCUT2D eigenvalue weighted by Gasteiger charge is 2.07. The summed E-state index contributed by atoms with van der Waals surface area (Å²) >= 11 is 6.02. The first kappa shape index (κ1) is 19.4. The second kappa shape index (κ2) is 9.01. The summed E-state index contributed by atoms with van der Waals surface area (Å²) in [6.07, 6.45) is 2.44. The molecule has 0 bridgehead atoms. The van der Waals surface area contributed by atoms with Crippen LogP contribution in [0, 0.1) is 6.92 Å². The van der Waals surface area contributed by atoms with E-state index in [4.69, 9.17) is 11.6 Å². The number of imidazole rings is 1. The molecule has 8 heteroatoms. The third-order valence-corrected chi connectivity index (χ3v) is 4.46. The number of H-pyrrole nitrogens is 1. The number of hydrogen-bond acceptors (Lipinski definition) is 6. The number of nitrogens with one attached hydrogen (secondary N) is 3. The van der Waals surface area contributed by atoms with Gasteiger partial charge in [-0.2, -0.15) is 4.98 Å². The van der Waals surface area contributed by atoms with E-state index < -0.39 is 0 Å². The van der Waals surface area contributed by atoms with E-state index in [0.29, 0.717) is 16.9 Å². The van der Waals surface area contributed by atoms with Gasteiger partial charge in [-0.3, -0.25) is 5.32 Å². The van der Waals surface area contributed by atoms with Gasteiger partial charge in [-0.25, -0.2) is 9.97 Å². The molecule has 0 fully saturated rings. The Hall–Kier alpha value is -2.38. The number of hydrogen-bond donors (Lipinski definition) is 3. The topological polar surface area (TPSA) is 81.8 Å². The summed E-state index contributed by atoms with van der Waals surface area (Å²) in [6.45, 7) is 7.07. The molecule has 27 heavy (non-hydrogen) atoms. The number of aromatic amines is 1. The maximum Gasteiger partial charge on any atom is 0.231 e. The van der Waals surface area contributed by atoms with Crippen LogP contribution in [-0.4, -0.2) is 51.5 Å². The zero-order chi connectivity index (χ0) is 19.2. The van der Waals surface area contributed by atoms with Gasteiger partial charge in [-0.1, -0.05) is 24.9 Å².